The Bertz CT molecular complexity index is 539. The maximum atomic E-state index is 12.5. The second-order valence-electron chi connectivity index (χ2n) is 5.91. The molecule has 0 bridgehead atoms. The molecule has 4 nitrogen and oxygen atoms in total. The highest BCUT2D eigenvalue weighted by atomic mass is 32.2. The Morgan fingerprint density at radius 1 is 1.14 bits per heavy atom. The first kappa shape index (κ1) is 18.1. The van der Waals surface area contributed by atoms with Gasteiger partial charge in [0.1, 0.15) is 0 Å². The van der Waals surface area contributed by atoms with Gasteiger partial charge in [-0.2, -0.15) is 4.31 Å². The molecule has 1 aromatic carbocycles. The van der Waals surface area contributed by atoms with Crippen molar-refractivity contribution in [2.75, 3.05) is 6.54 Å². The highest BCUT2D eigenvalue weighted by molar-refractivity contribution is 7.88. The lowest BCUT2D eigenvalue weighted by molar-refractivity contribution is 0.368. The van der Waals surface area contributed by atoms with Crippen LogP contribution >= 0.6 is 0 Å². The fraction of sp³-hybridized carbons (Fsp3) is 0.625. The lowest BCUT2D eigenvalue weighted by Gasteiger charge is -2.24. The molecule has 0 saturated heterocycles. The summed E-state index contributed by atoms with van der Waals surface area (Å²) in [6.45, 7) is 11.1. The molecule has 0 saturated carbocycles. The summed E-state index contributed by atoms with van der Waals surface area (Å²) in [4.78, 5) is 0. The van der Waals surface area contributed by atoms with Gasteiger partial charge in [-0.3, -0.25) is 0 Å². The molecule has 0 heterocycles. The van der Waals surface area contributed by atoms with Crippen LogP contribution in [-0.4, -0.2) is 31.4 Å². The van der Waals surface area contributed by atoms with Gasteiger partial charge >= 0.3 is 0 Å². The highest BCUT2D eigenvalue weighted by Gasteiger charge is 2.23. The van der Waals surface area contributed by atoms with E-state index in [-0.39, 0.29) is 11.8 Å². The van der Waals surface area contributed by atoms with Gasteiger partial charge in [0.2, 0.25) is 10.0 Å². The minimum Gasteiger partial charge on any atom is -0.310 e. The van der Waals surface area contributed by atoms with Gasteiger partial charge in [-0.05, 0) is 25.0 Å². The van der Waals surface area contributed by atoms with Crippen molar-refractivity contribution in [1.82, 2.24) is 9.62 Å². The normalized spacial score (nSPS) is 12.6. The van der Waals surface area contributed by atoms with Crippen LogP contribution in [0.1, 0.15) is 45.7 Å². The third-order valence-electron chi connectivity index (χ3n) is 3.30. The first-order chi connectivity index (χ1) is 9.76. The molecule has 0 amide bonds. The van der Waals surface area contributed by atoms with Crippen molar-refractivity contribution in [2.45, 2.75) is 59.0 Å². The second-order valence-corrected chi connectivity index (χ2v) is 7.83. The average Bonchev–Trinajstić information content (AvgIpc) is 2.36. The summed E-state index contributed by atoms with van der Waals surface area (Å²) in [6.07, 6.45) is 0. The Morgan fingerprint density at radius 2 is 1.76 bits per heavy atom. The van der Waals surface area contributed by atoms with E-state index in [1.807, 2.05) is 45.0 Å². The fourth-order valence-corrected chi connectivity index (χ4v) is 4.13. The van der Waals surface area contributed by atoms with E-state index in [2.05, 4.69) is 19.2 Å². The number of hydrogen-bond acceptors (Lipinski definition) is 3. The van der Waals surface area contributed by atoms with Crippen LogP contribution in [-0.2, 0) is 22.3 Å². The zero-order valence-electron chi connectivity index (χ0n) is 13.8. The quantitative estimate of drug-likeness (QED) is 0.803. The third kappa shape index (κ3) is 5.77. The minimum atomic E-state index is -3.26. The highest BCUT2D eigenvalue weighted by Crippen LogP contribution is 2.15. The van der Waals surface area contributed by atoms with Gasteiger partial charge in [0.05, 0.1) is 5.75 Å². The van der Waals surface area contributed by atoms with E-state index in [1.54, 1.807) is 4.31 Å². The topological polar surface area (TPSA) is 49.4 Å². The number of benzene rings is 1. The van der Waals surface area contributed by atoms with Crippen LogP contribution in [0.5, 0.6) is 0 Å². The van der Waals surface area contributed by atoms with E-state index in [1.165, 1.54) is 0 Å². The van der Waals surface area contributed by atoms with Crippen LogP contribution < -0.4 is 5.32 Å². The molecular weight excluding hydrogens is 284 g/mol. The number of nitrogens with zero attached hydrogens (tertiary/aromatic N) is 1. The Balaban J connectivity index is 2.85. The molecule has 0 radical (unpaired) electrons. The van der Waals surface area contributed by atoms with Crippen molar-refractivity contribution in [3.8, 4) is 0 Å². The first-order valence-electron chi connectivity index (χ1n) is 7.57. The first-order valence-corrected chi connectivity index (χ1v) is 9.18. The maximum absolute atomic E-state index is 12.5. The second kappa shape index (κ2) is 7.92. The molecule has 1 aromatic rings. The summed E-state index contributed by atoms with van der Waals surface area (Å²) >= 11 is 0. The van der Waals surface area contributed by atoms with Crippen molar-refractivity contribution in [1.29, 1.82) is 0 Å². The van der Waals surface area contributed by atoms with Crippen LogP contribution in [0.15, 0.2) is 24.3 Å². The fourth-order valence-electron chi connectivity index (χ4n) is 2.33. The number of nitrogens with one attached hydrogen (secondary N) is 1. The molecule has 0 aliphatic rings. The third-order valence-corrected chi connectivity index (χ3v) is 5.39. The van der Waals surface area contributed by atoms with Gasteiger partial charge in [-0.1, -0.05) is 45.0 Å². The summed E-state index contributed by atoms with van der Waals surface area (Å²) in [5, 5.41) is 3.34. The molecule has 1 N–H and O–H groups in total. The Hall–Kier alpha value is -0.910. The van der Waals surface area contributed by atoms with Crippen LogP contribution in [0, 0.1) is 0 Å². The van der Waals surface area contributed by atoms with Crippen molar-refractivity contribution >= 4 is 10.0 Å². The summed E-state index contributed by atoms with van der Waals surface area (Å²) in [5.74, 6) is 0.0640. The largest absolute Gasteiger partial charge is 0.310 e. The molecule has 21 heavy (non-hydrogen) atoms. The number of rotatable bonds is 8. The van der Waals surface area contributed by atoms with Crippen LogP contribution in [0.25, 0.3) is 0 Å². The minimum absolute atomic E-state index is 0.00853. The standard InChI is InChI=1S/C16H28N2O2S/c1-6-18(14(4)5)21(19,20)12-16-9-7-8-15(10-16)11-17-13(2)3/h7-10,13-14,17H,6,11-12H2,1-5H3. The lowest BCUT2D eigenvalue weighted by Crippen LogP contribution is -2.37. The Labute approximate surface area is 129 Å². The van der Waals surface area contributed by atoms with E-state index in [4.69, 9.17) is 0 Å². The van der Waals surface area contributed by atoms with Crippen LogP contribution in [0.4, 0.5) is 0 Å². The Morgan fingerprint density at radius 3 is 2.29 bits per heavy atom. The molecule has 120 valence electrons. The summed E-state index contributed by atoms with van der Waals surface area (Å²) in [7, 11) is -3.26. The van der Waals surface area contributed by atoms with Crippen molar-refractivity contribution in [3.63, 3.8) is 0 Å². The van der Waals surface area contributed by atoms with Crippen LogP contribution in [0.2, 0.25) is 0 Å². The van der Waals surface area contributed by atoms with E-state index >= 15 is 0 Å². The summed E-state index contributed by atoms with van der Waals surface area (Å²) < 4.78 is 26.5. The molecule has 0 aliphatic carbocycles. The van der Waals surface area contributed by atoms with Gasteiger partial charge in [0.15, 0.2) is 0 Å². The van der Waals surface area contributed by atoms with E-state index in [9.17, 15) is 8.42 Å². The lowest BCUT2D eigenvalue weighted by atomic mass is 10.1. The van der Waals surface area contributed by atoms with Crippen molar-refractivity contribution in [3.05, 3.63) is 35.4 Å². The van der Waals surface area contributed by atoms with Gasteiger partial charge in [-0.15, -0.1) is 0 Å². The molecular formula is C16H28N2O2S. The van der Waals surface area contributed by atoms with E-state index in [0.717, 1.165) is 17.7 Å². The zero-order chi connectivity index (χ0) is 16.0. The summed E-state index contributed by atoms with van der Waals surface area (Å²) in [6, 6.07) is 8.20. The predicted octanol–water partition coefficient (Wildman–Crippen LogP) is 2.74. The summed E-state index contributed by atoms with van der Waals surface area (Å²) in [5.41, 5.74) is 1.96. The molecule has 1 rings (SSSR count). The number of hydrogen-bond donors (Lipinski definition) is 1. The van der Waals surface area contributed by atoms with E-state index in [0.29, 0.717) is 12.6 Å². The Kier molecular flexibility index (Phi) is 6.84. The SMILES string of the molecule is CCN(C(C)C)S(=O)(=O)Cc1cccc(CNC(C)C)c1. The van der Waals surface area contributed by atoms with Crippen molar-refractivity contribution < 1.29 is 8.42 Å². The average molecular weight is 312 g/mol. The smallest absolute Gasteiger partial charge is 0.218 e. The van der Waals surface area contributed by atoms with Crippen LogP contribution in [0.3, 0.4) is 0 Å². The maximum Gasteiger partial charge on any atom is 0.218 e. The monoisotopic (exact) mass is 312 g/mol. The van der Waals surface area contributed by atoms with Gasteiger partial charge in [-0.25, -0.2) is 8.42 Å². The molecule has 0 aromatic heterocycles. The molecule has 0 aliphatic heterocycles. The molecule has 5 heteroatoms. The van der Waals surface area contributed by atoms with Crippen molar-refractivity contribution in [2.24, 2.45) is 0 Å². The van der Waals surface area contributed by atoms with Gasteiger partial charge in [0, 0.05) is 25.2 Å². The number of sulfonamides is 1. The molecule has 0 fully saturated rings. The molecule has 0 atom stereocenters. The van der Waals surface area contributed by atoms with E-state index < -0.39 is 10.0 Å². The molecule has 0 unspecified atom stereocenters. The zero-order valence-corrected chi connectivity index (χ0v) is 14.6. The molecule has 0 spiro atoms. The van der Waals surface area contributed by atoms with Gasteiger partial charge < -0.3 is 5.32 Å². The predicted molar refractivity (Wildman–Crippen MR) is 88.6 cm³/mol. The van der Waals surface area contributed by atoms with Gasteiger partial charge in [0.25, 0.3) is 0 Å².